The molecule has 1 aliphatic heterocycles. The monoisotopic (exact) mass is 182 g/mol. The Hall–Kier alpha value is -0.0400. The van der Waals surface area contributed by atoms with E-state index < -0.39 is 0 Å². The molecule has 13 heavy (non-hydrogen) atoms. The average molecular weight is 182 g/mol. The van der Waals surface area contributed by atoms with Crippen LogP contribution in [0.2, 0.25) is 0 Å². The molecule has 0 N–H and O–H groups in total. The molecule has 1 heterocycles. The van der Waals surface area contributed by atoms with Crippen LogP contribution in [0.1, 0.15) is 46.5 Å². The van der Waals surface area contributed by atoms with Crippen molar-refractivity contribution in [1.29, 1.82) is 0 Å². The highest BCUT2D eigenvalue weighted by molar-refractivity contribution is 5.02. The molecule has 0 radical (unpaired) electrons. The van der Waals surface area contributed by atoms with Crippen LogP contribution in [0, 0.1) is 17.8 Å². The minimum absolute atomic E-state index is 0.654. The van der Waals surface area contributed by atoms with Crippen LogP contribution >= 0.6 is 0 Å². The predicted molar refractivity (Wildman–Crippen MR) is 54.6 cm³/mol. The van der Waals surface area contributed by atoms with Gasteiger partial charge in [-0.3, -0.25) is 0 Å². The van der Waals surface area contributed by atoms with Crippen molar-refractivity contribution in [3.8, 4) is 0 Å². The van der Waals surface area contributed by atoms with E-state index in [2.05, 4.69) is 20.8 Å². The Morgan fingerprint density at radius 3 is 2.77 bits per heavy atom. The van der Waals surface area contributed by atoms with Crippen LogP contribution in [0.5, 0.6) is 0 Å². The molecule has 5 atom stereocenters. The Balaban J connectivity index is 1.84. The molecule has 1 nitrogen and oxygen atoms in total. The Bertz CT molecular complexity index is 176. The summed E-state index contributed by atoms with van der Waals surface area (Å²) >= 11 is 0. The molecule has 2 aliphatic rings. The van der Waals surface area contributed by atoms with Gasteiger partial charge in [0.15, 0.2) is 0 Å². The molecule has 0 aromatic heterocycles. The molecular weight excluding hydrogens is 160 g/mol. The van der Waals surface area contributed by atoms with Crippen LogP contribution in [0.25, 0.3) is 0 Å². The average Bonchev–Trinajstić information content (AvgIpc) is 2.74. The maximum atomic E-state index is 5.64. The zero-order chi connectivity index (χ0) is 9.42. The molecule has 0 aromatic rings. The predicted octanol–water partition coefficient (Wildman–Crippen LogP) is 3.24. The van der Waals surface area contributed by atoms with Crippen LogP contribution in [0.3, 0.4) is 0 Å². The third-order valence-electron chi connectivity index (χ3n) is 3.93. The lowest BCUT2D eigenvalue weighted by atomic mass is 9.82. The molecule has 76 valence electrons. The third-order valence-corrected chi connectivity index (χ3v) is 3.93. The van der Waals surface area contributed by atoms with Gasteiger partial charge in [-0.1, -0.05) is 40.0 Å². The van der Waals surface area contributed by atoms with Gasteiger partial charge in [0.05, 0.1) is 12.2 Å². The summed E-state index contributed by atoms with van der Waals surface area (Å²) in [7, 11) is 0. The van der Waals surface area contributed by atoms with Gasteiger partial charge in [-0.2, -0.15) is 0 Å². The maximum Gasteiger partial charge on any atom is 0.0875 e. The fraction of sp³-hybridized carbons (Fsp3) is 1.00. The first-order valence-electron chi connectivity index (χ1n) is 5.89. The Morgan fingerprint density at radius 1 is 1.46 bits per heavy atom. The number of hydrogen-bond acceptors (Lipinski definition) is 1. The zero-order valence-corrected chi connectivity index (χ0v) is 9.12. The molecule has 1 saturated heterocycles. The quantitative estimate of drug-likeness (QED) is 0.608. The Morgan fingerprint density at radius 2 is 2.23 bits per heavy atom. The lowest BCUT2D eigenvalue weighted by Gasteiger charge is -2.24. The Kier molecular flexibility index (Phi) is 2.64. The summed E-state index contributed by atoms with van der Waals surface area (Å²) in [5.74, 6) is 2.67. The van der Waals surface area contributed by atoms with Gasteiger partial charge in [-0.25, -0.2) is 0 Å². The van der Waals surface area contributed by atoms with E-state index in [0.29, 0.717) is 12.2 Å². The summed E-state index contributed by atoms with van der Waals surface area (Å²) in [5, 5.41) is 0. The smallest absolute Gasteiger partial charge is 0.0875 e. The van der Waals surface area contributed by atoms with E-state index in [4.69, 9.17) is 4.74 Å². The van der Waals surface area contributed by atoms with Crippen LogP contribution in [-0.4, -0.2) is 12.2 Å². The van der Waals surface area contributed by atoms with Crippen molar-refractivity contribution >= 4 is 0 Å². The number of epoxide rings is 1. The summed E-state index contributed by atoms with van der Waals surface area (Å²) in [6.45, 7) is 7.10. The largest absolute Gasteiger partial charge is 0.369 e. The van der Waals surface area contributed by atoms with E-state index in [1.807, 2.05) is 0 Å². The fourth-order valence-corrected chi connectivity index (χ4v) is 3.14. The minimum atomic E-state index is 0.654. The number of ether oxygens (including phenoxy) is 1. The first kappa shape index (κ1) is 9.51. The highest BCUT2D eigenvalue weighted by Gasteiger charge is 2.54. The first-order valence-corrected chi connectivity index (χ1v) is 5.89. The highest BCUT2D eigenvalue weighted by atomic mass is 16.6. The number of fused-ring (bicyclic) bond motifs is 1. The fourth-order valence-electron chi connectivity index (χ4n) is 3.14. The number of hydrogen-bond donors (Lipinski definition) is 0. The molecule has 1 saturated carbocycles. The summed E-state index contributed by atoms with van der Waals surface area (Å²) in [6.07, 6.45) is 6.76. The third kappa shape index (κ3) is 1.76. The van der Waals surface area contributed by atoms with E-state index >= 15 is 0 Å². The van der Waals surface area contributed by atoms with Crippen molar-refractivity contribution in [1.82, 2.24) is 0 Å². The zero-order valence-electron chi connectivity index (χ0n) is 9.12. The standard InChI is InChI=1S/C12H22O/c1-4-5-6-8(2)11-9(3)7-10-12(11)13-10/h8-12H,4-7H2,1-3H3. The maximum absolute atomic E-state index is 5.64. The molecule has 5 unspecified atom stereocenters. The second-order valence-corrected chi connectivity index (χ2v) is 5.05. The van der Waals surface area contributed by atoms with Gasteiger partial charge in [0.1, 0.15) is 0 Å². The van der Waals surface area contributed by atoms with E-state index in [-0.39, 0.29) is 0 Å². The van der Waals surface area contributed by atoms with Gasteiger partial charge >= 0.3 is 0 Å². The second-order valence-electron chi connectivity index (χ2n) is 5.05. The van der Waals surface area contributed by atoms with Crippen LogP contribution in [-0.2, 0) is 4.74 Å². The second kappa shape index (κ2) is 3.61. The lowest BCUT2D eigenvalue weighted by Crippen LogP contribution is -2.21. The van der Waals surface area contributed by atoms with Gasteiger partial charge in [0.25, 0.3) is 0 Å². The number of rotatable bonds is 4. The minimum Gasteiger partial charge on any atom is -0.369 e. The van der Waals surface area contributed by atoms with E-state index in [0.717, 1.165) is 17.8 Å². The molecule has 1 heteroatoms. The van der Waals surface area contributed by atoms with Crippen molar-refractivity contribution in [3.05, 3.63) is 0 Å². The SMILES string of the molecule is CCCCC(C)C1C(C)CC2OC21. The van der Waals surface area contributed by atoms with Crippen molar-refractivity contribution in [2.24, 2.45) is 17.8 Å². The van der Waals surface area contributed by atoms with Crippen molar-refractivity contribution in [3.63, 3.8) is 0 Å². The van der Waals surface area contributed by atoms with Crippen molar-refractivity contribution in [2.45, 2.75) is 58.7 Å². The Labute approximate surface area is 81.9 Å². The molecule has 2 fully saturated rings. The van der Waals surface area contributed by atoms with Crippen LogP contribution in [0.4, 0.5) is 0 Å². The van der Waals surface area contributed by atoms with E-state index in [9.17, 15) is 0 Å². The van der Waals surface area contributed by atoms with Gasteiger partial charge in [0, 0.05) is 0 Å². The first-order chi connectivity index (χ1) is 6.24. The summed E-state index contributed by atoms with van der Waals surface area (Å²) in [4.78, 5) is 0. The topological polar surface area (TPSA) is 12.5 Å². The molecule has 1 aliphatic carbocycles. The molecule has 0 spiro atoms. The van der Waals surface area contributed by atoms with Crippen LogP contribution < -0.4 is 0 Å². The van der Waals surface area contributed by atoms with Crippen LogP contribution in [0.15, 0.2) is 0 Å². The van der Waals surface area contributed by atoms with Crippen molar-refractivity contribution in [2.75, 3.05) is 0 Å². The van der Waals surface area contributed by atoms with E-state index in [1.54, 1.807) is 0 Å². The molecule has 2 rings (SSSR count). The molecular formula is C12H22O. The van der Waals surface area contributed by atoms with E-state index in [1.165, 1.54) is 25.7 Å². The summed E-state index contributed by atoms with van der Waals surface area (Å²) < 4.78 is 5.64. The highest BCUT2D eigenvalue weighted by Crippen LogP contribution is 2.50. The lowest BCUT2D eigenvalue weighted by molar-refractivity contribution is 0.158. The van der Waals surface area contributed by atoms with Gasteiger partial charge in [-0.05, 0) is 24.2 Å². The molecule has 0 amide bonds. The van der Waals surface area contributed by atoms with Gasteiger partial charge in [0.2, 0.25) is 0 Å². The summed E-state index contributed by atoms with van der Waals surface area (Å²) in [6, 6.07) is 0. The van der Waals surface area contributed by atoms with Gasteiger partial charge in [-0.15, -0.1) is 0 Å². The molecule has 0 aromatic carbocycles. The normalized spacial score (nSPS) is 44.5. The van der Waals surface area contributed by atoms with Gasteiger partial charge < -0.3 is 4.74 Å². The summed E-state index contributed by atoms with van der Waals surface area (Å²) in [5.41, 5.74) is 0. The van der Waals surface area contributed by atoms with Crippen molar-refractivity contribution < 1.29 is 4.74 Å². The number of unbranched alkanes of at least 4 members (excludes halogenated alkanes) is 1. The molecule has 0 bridgehead atoms.